The van der Waals surface area contributed by atoms with Gasteiger partial charge in [-0.25, -0.2) is 8.78 Å². The Bertz CT molecular complexity index is 1290. The van der Waals surface area contributed by atoms with Crippen LogP contribution in [0, 0.1) is 17.0 Å². The van der Waals surface area contributed by atoms with Crippen LogP contribution in [-0.4, -0.2) is 47.1 Å². The number of hydrogen-bond acceptors (Lipinski definition) is 5. The molecule has 2 aromatic rings. The van der Waals surface area contributed by atoms with Crippen molar-refractivity contribution in [3.8, 4) is 0 Å². The fraction of sp³-hybridized carbons (Fsp3) is 0.517. The largest absolute Gasteiger partial charge is 0.390 e. The molecule has 1 aliphatic carbocycles. The molecule has 0 aromatic heterocycles. The van der Waals surface area contributed by atoms with E-state index in [0.717, 1.165) is 0 Å². The maximum Gasteiger partial charge on any atom is 0.238 e. The molecule has 3 aliphatic rings. The first-order chi connectivity index (χ1) is 17.7. The van der Waals surface area contributed by atoms with Crippen molar-refractivity contribution in [2.75, 3.05) is 11.9 Å². The fourth-order valence-corrected chi connectivity index (χ4v) is 6.96. The van der Waals surface area contributed by atoms with Gasteiger partial charge in [-0.3, -0.25) is 9.59 Å². The van der Waals surface area contributed by atoms with Gasteiger partial charge >= 0.3 is 0 Å². The molecular formula is C29H34ClF2N3O3. The zero-order chi connectivity index (χ0) is 27.6. The molecule has 2 aromatic carbocycles. The standard InChI is InChI=1S/C29H34ClF2N3O3/c1-27(2,3)13-21-29(18-9-8-15(31)10-20(18)33-14-22(29)36)23(17-6-5-7-19(30)24(17)32)25(35-21)26(37)34-16-11-28(4,38)12-16/h5-10,16,21,23,25,33,35,38H,11-14H2,1-4H3,(H,34,37)/t16?,21-,23+,25-,28?,29-/m1/s1. The van der Waals surface area contributed by atoms with Crippen LogP contribution in [-0.2, 0) is 15.0 Å². The molecule has 38 heavy (non-hydrogen) atoms. The minimum Gasteiger partial charge on any atom is -0.390 e. The van der Waals surface area contributed by atoms with Crippen LogP contribution in [0.5, 0.6) is 0 Å². The number of fused-ring (bicyclic) bond motifs is 2. The number of nitrogens with one attached hydrogen (secondary N) is 3. The maximum absolute atomic E-state index is 15.8. The molecule has 2 fully saturated rings. The molecule has 4 N–H and O–H groups in total. The van der Waals surface area contributed by atoms with Crippen LogP contribution in [0.25, 0.3) is 0 Å². The summed E-state index contributed by atoms with van der Waals surface area (Å²) in [5.41, 5.74) is -1.32. The SMILES string of the molecule is CC(C)(C)C[C@H]1N[C@@H](C(=O)NC2CC(C)(O)C2)[C@H](c2cccc(Cl)c2F)[C@@]12C(=O)CNc1cc(F)ccc12. The molecule has 0 bridgehead atoms. The molecule has 6 nitrogen and oxygen atoms in total. The van der Waals surface area contributed by atoms with Gasteiger partial charge in [0.15, 0.2) is 5.78 Å². The van der Waals surface area contributed by atoms with Crippen LogP contribution in [0.3, 0.4) is 0 Å². The van der Waals surface area contributed by atoms with Crippen molar-refractivity contribution < 1.29 is 23.5 Å². The van der Waals surface area contributed by atoms with E-state index in [1.54, 1.807) is 25.1 Å². The van der Waals surface area contributed by atoms with Gasteiger partial charge in [0.1, 0.15) is 11.6 Å². The number of halogens is 3. The average molecular weight is 546 g/mol. The predicted octanol–water partition coefficient (Wildman–Crippen LogP) is 4.44. The summed E-state index contributed by atoms with van der Waals surface area (Å²) in [6, 6.07) is 7.07. The first kappa shape index (κ1) is 27.0. The molecule has 9 heteroatoms. The summed E-state index contributed by atoms with van der Waals surface area (Å²) in [4.78, 5) is 28.0. The van der Waals surface area contributed by atoms with Crippen molar-refractivity contribution in [2.24, 2.45) is 5.41 Å². The molecule has 1 amide bonds. The van der Waals surface area contributed by atoms with E-state index in [1.165, 1.54) is 18.2 Å². The minimum absolute atomic E-state index is 0.0860. The Morgan fingerprint density at radius 3 is 2.58 bits per heavy atom. The number of carbonyl (C=O) groups is 2. The third-order valence-electron chi connectivity index (χ3n) is 8.22. The lowest BCUT2D eigenvalue weighted by Gasteiger charge is -2.45. The Labute approximate surface area is 226 Å². The lowest BCUT2D eigenvalue weighted by Crippen LogP contribution is -2.57. The number of hydrogen-bond donors (Lipinski definition) is 4. The van der Waals surface area contributed by atoms with Crippen molar-refractivity contribution in [2.45, 2.75) is 82.0 Å². The van der Waals surface area contributed by atoms with E-state index in [4.69, 9.17) is 11.6 Å². The van der Waals surface area contributed by atoms with E-state index < -0.39 is 40.7 Å². The lowest BCUT2D eigenvalue weighted by atomic mass is 9.58. The highest BCUT2D eigenvalue weighted by Gasteiger charge is 2.64. The van der Waals surface area contributed by atoms with Crippen LogP contribution in [0.15, 0.2) is 36.4 Å². The van der Waals surface area contributed by atoms with Gasteiger partial charge in [0, 0.05) is 23.7 Å². The molecule has 1 saturated heterocycles. The van der Waals surface area contributed by atoms with Gasteiger partial charge in [0.2, 0.25) is 5.91 Å². The van der Waals surface area contributed by atoms with E-state index in [9.17, 15) is 19.1 Å². The Morgan fingerprint density at radius 1 is 1.21 bits per heavy atom. The second-order valence-electron chi connectivity index (χ2n) is 12.5. The molecule has 1 spiro atoms. The van der Waals surface area contributed by atoms with Gasteiger partial charge in [0.05, 0.1) is 28.6 Å². The van der Waals surface area contributed by atoms with Crippen molar-refractivity contribution in [1.29, 1.82) is 0 Å². The van der Waals surface area contributed by atoms with E-state index >= 15 is 4.39 Å². The number of carbonyl (C=O) groups excluding carboxylic acids is 2. The number of Topliss-reactive ketones (excluding diaryl/α,β-unsaturated/α-hetero) is 1. The minimum atomic E-state index is -1.36. The highest BCUT2D eigenvalue weighted by molar-refractivity contribution is 6.30. The topological polar surface area (TPSA) is 90.5 Å². The van der Waals surface area contributed by atoms with E-state index in [1.807, 2.05) is 20.8 Å². The summed E-state index contributed by atoms with van der Waals surface area (Å²) in [6.45, 7) is 7.75. The quantitative estimate of drug-likeness (QED) is 0.456. The summed E-state index contributed by atoms with van der Waals surface area (Å²) in [6.07, 6.45) is 1.31. The van der Waals surface area contributed by atoms with Crippen LogP contribution >= 0.6 is 11.6 Å². The average Bonchev–Trinajstić information content (AvgIpc) is 3.11. The first-order valence-electron chi connectivity index (χ1n) is 13.0. The summed E-state index contributed by atoms with van der Waals surface area (Å²) < 4.78 is 30.1. The molecule has 0 radical (unpaired) electrons. The Balaban J connectivity index is 1.71. The zero-order valence-electron chi connectivity index (χ0n) is 22.0. The number of benzene rings is 2. The van der Waals surface area contributed by atoms with Crippen LogP contribution in [0.4, 0.5) is 14.5 Å². The van der Waals surface area contributed by atoms with Gasteiger partial charge in [-0.05, 0) is 60.9 Å². The van der Waals surface area contributed by atoms with E-state index in [-0.39, 0.29) is 40.3 Å². The second-order valence-corrected chi connectivity index (χ2v) is 12.9. The summed E-state index contributed by atoms with van der Waals surface area (Å²) in [5.74, 6) is -2.68. The molecule has 4 atom stereocenters. The number of rotatable bonds is 4. The third-order valence-corrected chi connectivity index (χ3v) is 8.51. The molecule has 204 valence electrons. The number of aliphatic hydroxyl groups is 1. The monoisotopic (exact) mass is 545 g/mol. The number of anilines is 1. The van der Waals surface area contributed by atoms with E-state index in [0.29, 0.717) is 30.5 Å². The summed E-state index contributed by atoms with van der Waals surface area (Å²) in [7, 11) is 0. The van der Waals surface area contributed by atoms with Gasteiger partial charge in [0.25, 0.3) is 0 Å². The Kier molecular flexibility index (Phi) is 6.60. The Hall–Kier alpha value is -2.55. The first-order valence-corrected chi connectivity index (χ1v) is 13.4. The van der Waals surface area contributed by atoms with Gasteiger partial charge in [-0.15, -0.1) is 0 Å². The van der Waals surface area contributed by atoms with Gasteiger partial charge < -0.3 is 21.1 Å². The molecule has 0 unspecified atom stereocenters. The van der Waals surface area contributed by atoms with Crippen molar-refractivity contribution >= 4 is 29.0 Å². The van der Waals surface area contributed by atoms with E-state index in [2.05, 4.69) is 16.0 Å². The van der Waals surface area contributed by atoms with Crippen LogP contribution < -0.4 is 16.0 Å². The smallest absolute Gasteiger partial charge is 0.238 e. The number of ketones is 1. The molecule has 5 rings (SSSR count). The Morgan fingerprint density at radius 2 is 1.92 bits per heavy atom. The van der Waals surface area contributed by atoms with Crippen molar-refractivity contribution in [1.82, 2.24) is 10.6 Å². The molecule has 1 saturated carbocycles. The lowest BCUT2D eigenvalue weighted by molar-refractivity contribution is -0.127. The van der Waals surface area contributed by atoms with Gasteiger partial charge in [-0.2, -0.15) is 0 Å². The summed E-state index contributed by atoms with van der Waals surface area (Å²) >= 11 is 6.22. The number of amides is 1. The van der Waals surface area contributed by atoms with Crippen LogP contribution in [0.2, 0.25) is 5.02 Å². The maximum atomic E-state index is 15.8. The molecular weight excluding hydrogens is 512 g/mol. The zero-order valence-corrected chi connectivity index (χ0v) is 22.8. The van der Waals surface area contributed by atoms with Crippen molar-refractivity contribution in [3.63, 3.8) is 0 Å². The summed E-state index contributed by atoms with van der Waals surface area (Å²) in [5, 5.41) is 19.5. The van der Waals surface area contributed by atoms with Crippen molar-refractivity contribution in [3.05, 3.63) is 64.2 Å². The normalized spacial score (nSPS) is 32.5. The van der Waals surface area contributed by atoms with Gasteiger partial charge in [-0.1, -0.05) is 50.6 Å². The molecule has 2 aliphatic heterocycles. The fourth-order valence-electron chi connectivity index (χ4n) is 6.78. The second kappa shape index (κ2) is 9.28. The third kappa shape index (κ3) is 4.50. The van der Waals surface area contributed by atoms with Crippen LogP contribution in [0.1, 0.15) is 64.0 Å². The highest BCUT2D eigenvalue weighted by atomic mass is 35.5. The molecule has 2 heterocycles. The highest BCUT2D eigenvalue weighted by Crippen LogP contribution is 2.55. The predicted molar refractivity (Wildman–Crippen MR) is 142 cm³/mol.